The first-order valence-corrected chi connectivity index (χ1v) is 10.4. The molecule has 0 aliphatic carbocycles. The molecule has 5 heteroatoms. The summed E-state index contributed by atoms with van der Waals surface area (Å²) in [5.74, 6) is 0.699. The molecule has 0 fully saturated rings. The molecule has 0 unspecified atom stereocenters. The van der Waals surface area contributed by atoms with Gasteiger partial charge in [0.05, 0.1) is 0 Å². The summed E-state index contributed by atoms with van der Waals surface area (Å²) in [6.07, 6.45) is 0. The van der Waals surface area contributed by atoms with E-state index >= 15 is 0 Å². The Kier molecular flexibility index (Phi) is 3.26. The van der Waals surface area contributed by atoms with E-state index in [-0.39, 0.29) is 7.69 Å². The molecule has 0 saturated heterocycles. The van der Waals surface area contributed by atoms with Crippen LogP contribution in [0.25, 0.3) is 51.1 Å². The Bertz CT molecular complexity index is 1500. The van der Waals surface area contributed by atoms with Gasteiger partial charge in [0.25, 0.3) is 0 Å². The van der Waals surface area contributed by atoms with Gasteiger partial charge in [0.1, 0.15) is 5.75 Å². The van der Waals surface area contributed by atoms with Crippen LogP contribution < -0.4 is 4.65 Å². The highest BCUT2D eigenvalue weighted by molar-refractivity contribution is 7.27. The molecule has 2 nitrogen and oxygen atoms in total. The van der Waals surface area contributed by atoms with Crippen molar-refractivity contribution in [2.45, 2.75) is 0 Å². The average molecular weight is 384 g/mol. The first-order chi connectivity index (χ1) is 13.3. The van der Waals surface area contributed by atoms with Crippen LogP contribution in [0.3, 0.4) is 0 Å². The number of rotatable bonds is 2. The summed E-state index contributed by atoms with van der Waals surface area (Å²) < 4.78 is 10.5. The molecule has 0 atom stereocenters. The van der Waals surface area contributed by atoms with E-state index in [4.69, 9.17) is 9.68 Å². The molecule has 0 bridgehead atoms. The molecule has 2 aromatic heterocycles. The third-order valence-electron chi connectivity index (χ3n) is 5.15. The van der Waals surface area contributed by atoms with Crippen molar-refractivity contribution >= 4 is 81.5 Å². The lowest BCUT2D eigenvalue weighted by atomic mass is 10.0. The molecule has 0 radical (unpaired) electrons. The van der Waals surface area contributed by atoms with E-state index < -0.39 is 0 Å². The second kappa shape index (κ2) is 5.70. The van der Waals surface area contributed by atoms with Gasteiger partial charge in [-0.05, 0) is 41.8 Å². The fourth-order valence-electron chi connectivity index (χ4n) is 3.92. The zero-order chi connectivity index (χ0) is 18.0. The van der Waals surface area contributed by atoms with Crippen molar-refractivity contribution in [2.75, 3.05) is 0 Å². The van der Waals surface area contributed by atoms with E-state index in [1.165, 1.54) is 51.1 Å². The van der Waals surface area contributed by atoms with Gasteiger partial charge in [0.15, 0.2) is 0 Å². The van der Waals surface area contributed by atoms with Crippen LogP contribution >= 0.6 is 22.7 Å². The molecule has 0 aliphatic rings. The smallest absolute Gasteiger partial charge is 0.504 e. The highest BCUT2D eigenvalue weighted by Crippen LogP contribution is 2.43. The molecule has 0 amide bonds. The van der Waals surface area contributed by atoms with Crippen LogP contribution in [0.1, 0.15) is 0 Å². The maximum atomic E-state index is 9.04. The maximum Gasteiger partial charge on any atom is 0.504 e. The molecule has 0 saturated carbocycles. The molecule has 0 spiro atoms. The Morgan fingerprint density at radius 2 is 1.52 bits per heavy atom. The summed E-state index contributed by atoms with van der Waals surface area (Å²) in [6, 6.07) is 23.7. The highest BCUT2D eigenvalue weighted by atomic mass is 32.1. The monoisotopic (exact) mass is 384 g/mol. The molecule has 4 aromatic carbocycles. The summed E-state index contributed by atoms with van der Waals surface area (Å²) in [6.45, 7) is 0. The summed E-state index contributed by atoms with van der Waals surface area (Å²) >= 11 is 3.68. The van der Waals surface area contributed by atoms with Crippen molar-refractivity contribution in [3.05, 3.63) is 66.7 Å². The first-order valence-electron chi connectivity index (χ1n) is 8.76. The van der Waals surface area contributed by atoms with E-state index in [1.807, 2.05) is 34.8 Å². The van der Waals surface area contributed by atoms with E-state index in [1.54, 1.807) is 0 Å². The third-order valence-corrected chi connectivity index (χ3v) is 7.51. The molecule has 6 aromatic rings. The van der Waals surface area contributed by atoms with Gasteiger partial charge in [-0.3, -0.25) is 0 Å². The predicted molar refractivity (Wildman–Crippen MR) is 120 cm³/mol. The van der Waals surface area contributed by atoms with Gasteiger partial charge < -0.3 is 9.68 Å². The van der Waals surface area contributed by atoms with Crippen LogP contribution in [0, 0.1) is 0 Å². The minimum atomic E-state index is -0.305. The largest absolute Gasteiger partial charge is 0.539 e. The minimum Gasteiger partial charge on any atom is -0.539 e. The molecule has 0 aliphatic heterocycles. The van der Waals surface area contributed by atoms with E-state index in [0.29, 0.717) is 5.75 Å². The van der Waals surface area contributed by atoms with Gasteiger partial charge in [0, 0.05) is 45.7 Å². The third kappa shape index (κ3) is 2.23. The predicted octanol–water partition coefficient (Wildman–Crippen LogP) is 6.21. The normalized spacial score (nSPS) is 11.9. The van der Waals surface area contributed by atoms with Crippen molar-refractivity contribution in [2.24, 2.45) is 0 Å². The molecule has 27 heavy (non-hydrogen) atoms. The van der Waals surface area contributed by atoms with Crippen LogP contribution in [0.5, 0.6) is 5.75 Å². The second-order valence-corrected chi connectivity index (χ2v) is 8.78. The Morgan fingerprint density at radius 3 is 2.44 bits per heavy atom. The van der Waals surface area contributed by atoms with Gasteiger partial charge in [0.2, 0.25) is 0 Å². The van der Waals surface area contributed by atoms with Gasteiger partial charge in [-0.1, -0.05) is 30.3 Å². The second-order valence-electron chi connectivity index (χ2n) is 6.64. The summed E-state index contributed by atoms with van der Waals surface area (Å²) in [4.78, 5) is 0. The number of hydrogen-bond acceptors (Lipinski definition) is 4. The Balaban J connectivity index is 1.72. The fourth-order valence-corrected chi connectivity index (χ4v) is 6.26. The van der Waals surface area contributed by atoms with E-state index in [0.717, 1.165) is 0 Å². The lowest BCUT2D eigenvalue weighted by Crippen LogP contribution is -1.98. The Labute approximate surface area is 163 Å². The summed E-state index contributed by atoms with van der Waals surface area (Å²) in [5.41, 5.74) is 0. The molecular formula is C22H13BO2S2. The maximum absolute atomic E-state index is 9.04. The van der Waals surface area contributed by atoms with Crippen molar-refractivity contribution < 1.29 is 9.68 Å². The number of thiophene rings is 2. The van der Waals surface area contributed by atoms with Crippen LogP contribution in [0.2, 0.25) is 0 Å². The Morgan fingerprint density at radius 1 is 0.667 bits per heavy atom. The van der Waals surface area contributed by atoms with Gasteiger partial charge >= 0.3 is 7.69 Å². The molecule has 2 heterocycles. The summed E-state index contributed by atoms with van der Waals surface area (Å²) in [7, 11) is -0.305. The standard InChI is InChI=1S/C22H13BO2S2/c24-23-25-13-6-8-20-18(10-13)15-7-5-12-9-17-14-3-1-2-4-19(14)26-21(17)11-16(12)22(15)27-20/h1-11,23-24H. The first kappa shape index (κ1) is 15.5. The van der Waals surface area contributed by atoms with Crippen molar-refractivity contribution in [1.82, 2.24) is 0 Å². The van der Waals surface area contributed by atoms with Gasteiger partial charge in [-0.25, -0.2) is 0 Å². The van der Waals surface area contributed by atoms with E-state index in [9.17, 15) is 0 Å². The zero-order valence-corrected chi connectivity index (χ0v) is 15.9. The minimum absolute atomic E-state index is 0.305. The van der Waals surface area contributed by atoms with Crippen molar-refractivity contribution in [3.8, 4) is 5.75 Å². The summed E-state index contributed by atoms with van der Waals surface area (Å²) in [5, 5.41) is 16.7. The van der Waals surface area contributed by atoms with Crippen LogP contribution in [-0.4, -0.2) is 12.7 Å². The number of fused-ring (bicyclic) bond motifs is 8. The number of benzene rings is 4. The molecule has 1 N–H and O–H groups in total. The lowest BCUT2D eigenvalue weighted by Gasteiger charge is -2.02. The fraction of sp³-hybridized carbons (Fsp3) is 0. The molecule has 128 valence electrons. The topological polar surface area (TPSA) is 29.5 Å². The SMILES string of the molecule is OBOc1ccc2sc3c4cc5sc6ccccc6c5cc4ccc3c2c1. The Hall–Kier alpha value is -2.60. The van der Waals surface area contributed by atoms with Crippen molar-refractivity contribution in [3.63, 3.8) is 0 Å². The molecule has 6 rings (SSSR count). The number of hydrogen-bond donors (Lipinski definition) is 1. The van der Waals surface area contributed by atoms with E-state index in [2.05, 4.69) is 54.6 Å². The zero-order valence-electron chi connectivity index (χ0n) is 14.2. The highest BCUT2D eigenvalue weighted by Gasteiger charge is 2.12. The molecular weight excluding hydrogens is 371 g/mol. The van der Waals surface area contributed by atoms with Crippen LogP contribution in [0.15, 0.2) is 66.7 Å². The average Bonchev–Trinajstić information content (AvgIpc) is 3.24. The van der Waals surface area contributed by atoms with Gasteiger partial charge in [-0.2, -0.15) is 0 Å². The lowest BCUT2D eigenvalue weighted by molar-refractivity contribution is 0.454. The van der Waals surface area contributed by atoms with Gasteiger partial charge in [-0.15, -0.1) is 22.7 Å². The quantitative estimate of drug-likeness (QED) is 0.360. The van der Waals surface area contributed by atoms with Crippen molar-refractivity contribution in [1.29, 1.82) is 0 Å². The van der Waals surface area contributed by atoms with Crippen LogP contribution in [-0.2, 0) is 0 Å². The van der Waals surface area contributed by atoms with Crippen LogP contribution in [0.4, 0.5) is 0 Å².